The Morgan fingerprint density at radius 3 is 2.33 bits per heavy atom. The summed E-state index contributed by atoms with van der Waals surface area (Å²) >= 11 is 0. The van der Waals surface area contributed by atoms with Crippen LogP contribution in [0.3, 0.4) is 0 Å². The van der Waals surface area contributed by atoms with Gasteiger partial charge in [-0.15, -0.1) is 0 Å². The van der Waals surface area contributed by atoms with Gasteiger partial charge in [-0.2, -0.15) is 0 Å². The first-order chi connectivity index (χ1) is 8.65. The van der Waals surface area contributed by atoms with Gasteiger partial charge in [0.25, 0.3) is 0 Å². The summed E-state index contributed by atoms with van der Waals surface area (Å²) in [6, 6.07) is 11.1. The normalized spacial score (nSPS) is 14.7. The van der Waals surface area contributed by atoms with Crippen LogP contribution in [0.15, 0.2) is 30.3 Å². The number of benzene rings is 1. The molecule has 0 amide bonds. The van der Waals surface area contributed by atoms with Crippen molar-refractivity contribution in [2.45, 2.75) is 39.7 Å². The standard InChI is InChI=1S/C16H27NO/c1-5-18-12-16(13(2)3)17-11-14(4)15-9-7-6-8-10-15/h6-10,13-14,16-17H,5,11-12H2,1-4H3. The second-order valence-electron chi connectivity index (χ2n) is 5.23. The molecule has 2 nitrogen and oxygen atoms in total. The molecule has 0 heterocycles. The number of hydrogen-bond donors (Lipinski definition) is 1. The van der Waals surface area contributed by atoms with Gasteiger partial charge >= 0.3 is 0 Å². The van der Waals surface area contributed by atoms with Crippen LogP contribution in [0.2, 0.25) is 0 Å². The Balaban J connectivity index is 2.42. The maximum atomic E-state index is 5.53. The molecule has 0 aliphatic carbocycles. The third kappa shape index (κ3) is 5.19. The third-order valence-electron chi connectivity index (χ3n) is 3.36. The molecule has 102 valence electrons. The molecule has 2 atom stereocenters. The fraction of sp³-hybridized carbons (Fsp3) is 0.625. The number of nitrogens with one attached hydrogen (secondary N) is 1. The summed E-state index contributed by atoms with van der Waals surface area (Å²) in [7, 11) is 0. The van der Waals surface area contributed by atoms with Gasteiger partial charge in [-0.25, -0.2) is 0 Å². The summed E-state index contributed by atoms with van der Waals surface area (Å²) in [6.45, 7) is 11.4. The smallest absolute Gasteiger partial charge is 0.0621 e. The van der Waals surface area contributed by atoms with Crippen molar-refractivity contribution < 1.29 is 4.74 Å². The van der Waals surface area contributed by atoms with Crippen molar-refractivity contribution in [1.82, 2.24) is 5.32 Å². The van der Waals surface area contributed by atoms with E-state index in [4.69, 9.17) is 4.74 Å². The van der Waals surface area contributed by atoms with E-state index in [0.717, 1.165) is 19.8 Å². The molecule has 0 fully saturated rings. The minimum Gasteiger partial charge on any atom is -0.380 e. The largest absolute Gasteiger partial charge is 0.380 e. The lowest BCUT2D eigenvalue weighted by atomic mass is 9.99. The molecule has 2 unspecified atom stereocenters. The Bertz CT molecular complexity index is 310. The maximum absolute atomic E-state index is 5.53. The maximum Gasteiger partial charge on any atom is 0.0621 e. The summed E-state index contributed by atoms with van der Waals surface area (Å²) in [5, 5.41) is 3.63. The zero-order valence-corrected chi connectivity index (χ0v) is 12.1. The quantitative estimate of drug-likeness (QED) is 0.762. The van der Waals surface area contributed by atoms with E-state index >= 15 is 0 Å². The van der Waals surface area contributed by atoms with Crippen molar-refractivity contribution in [3.63, 3.8) is 0 Å². The first-order valence-corrected chi connectivity index (χ1v) is 7.01. The molecule has 18 heavy (non-hydrogen) atoms. The van der Waals surface area contributed by atoms with E-state index in [9.17, 15) is 0 Å². The van der Waals surface area contributed by atoms with E-state index in [1.807, 2.05) is 6.92 Å². The average molecular weight is 249 g/mol. The third-order valence-corrected chi connectivity index (χ3v) is 3.36. The monoisotopic (exact) mass is 249 g/mol. The molecule has 0 aliphatic rings. The van der Waals surface area contributed by atoms with Crippen LogP contribution in [0.1, 0.15) is 39.2 Å². The van der Waals surface area contributed by atoms with E-state index in [2.05, 4.69) is 56.4 Å². The highest BCUT2D eigenvalue weighted by Crippen LogP contribution is 2.14. The van der Waals surface area contributed by atoms with Crippen molar-refractivity contribution in [1.29, 1.82) is 0 Å². The predicted molar refractivity (Wildman–Crippen MR) is 78.0 cm³/mol. The van der Waals surface area contributed by atoms with Gasteiger partial charge in [-0.1, -0.05) is 51.1 Å². The van der Waals surface area contributed by atoms with E-state index in [-0.39, 0.29) is 0 Å². The van der Waals surface area contributed by atoms with Gasteiger partial charge in [0.05, 0.1) is 6.61 Å². The molecule has 1 rings (SSSR count). The Labute approximate surface area is 112 Å². The van der Waals surface area contributed by atoms with Gasteiger partial charge in [0, 0.05) is 19.2 Å². The highest BCUT2D eigenvalue weighted by molar-refractivity contribution is 5.18. The second kappa shape index (κ2) is 8.28. The number of ether oxygens (including phenoxy) is 1. The molecular weight excluding hydrogens is 222 g/mol. The highest BCUT2D eigenvalue weighted by Gasteiger charge is 2.14. The van der Waals surface area contributed by atoms with E-state index in [1.165, 1.54) is 5.56 Å². The van der Waals surface area contributed by atoms with Crippen molar-refractivity contribution in [2.24, 2.45) is 5.92 Å². The summed E-state index contributed by atoms with van der Waals surface area (Å²) in [4.78, 5) is 0. The van der Waals surface area contributed by atoms with Gasteiger partial charge in [0.2, 0.25) is 0 Å². The van der Waals surface area contributed by atoms with Gasteiger partial charge in [0.1, 0.15) is 0 Å². The van der Waals surface area contributed by atoms with Crippen molar-refractivity contribution in [2.75, 3.05) is 19.8 Å². The topological polar surface area (TPSA) is 21.3 Å². The van der Waals surface area contributed by atoms with Crippen molar-refractivity contribution in [3.05, 3.63) is 35.9 Å². The molecule has 1 aromatic carbocycles. The van der Waals surface area contributed by atoms with Crippen LogP contribution in [0, 0.1) is 5.92 Å². The molecule has 0 radical (unpaired) electrons. The van der Waals surface area contributed by atoms with Gasteiger partial charge < -0.3 is 10.1 Å². The molecule has 0 bridgehead atoms. The Hall–Kier alpha value is -0.860. The predicted octanol–water partition coefficient (Wildman–Crippen LogP) is 3.44. The Morgan fingerprint density at radius 1 is 1.11 bits per heavy atom. The first-order valence-electron chi connectivity index (χ1n) is 7.01. The lowest BCUT2D eigenvalue weighted by Crippen LogP contribution is -2.39. The molecule has 0 saturated heterocycles. The summed E-state index contributed by atoms with van der Waals surface area (Å²) in [5.41, 5.74) is 1.39. The minimum atomic E-state index is 0.441. The molecule has 1 aromatic rings. The molecule has 0 aromatic heterocycles. The molecule has 2 heteroatoms. The Morgan fingerprint density at radius 2 is 1.78 bits per heavy atom. The van der Waals surface area contributed by atoms with Crippen LogP contribution >= 0.6 is 0 Å². The SMILES string of the molecule is CCOCC(NCC(C)c1ccccc1)C(C)C. The van der Waals surface area contributed by atoms with Crippen molar-refractivity contribution in [3.8, 4) is 0 Å². The van der Waals surface area contributed by atoms with Crippen LogP contribution in [-0.4, -0.2) is 25.8 Å². The lowest BCUT2D eigenvalue weighted by Gasteiger charge is -2.24. The molecule has 0 spiro atoms. The van der Waals surface area contributed by atoms with Crippen LogP contribution in [0.5, 0.6) is 0 Å². The fourth-order valence-electron chi connectivity index (χ4n) is 1.96. The molecule has 1 N–H and O–H groups in total. The second-order valence-corrected chi connectivity index (χ2v) is 5.23. The van der Waals surface area contributed by atoms with Gasteiger partial charge in [0.15, 0.2) is 0 Å². The molecular formula is C16H27NO. The van der Waals surface area contributed by atoms with Gasteiger partial charge in [-0.3, -0.25) is 0 Å². The highest BCUT2D eigenvalue weighted by atomic mass is 16.5. The minimum absolute atomic E-state index is 0.441. The van der Waals surface area contributed by atoms with Crippen LogP contribution < -0.4 is 5.32 Å². The van der Waals surface area contributed by atoms with Crippen LogP contribution in [0.25, 0.3) is 0 Å². The van der Waals surface area contributed by atoms with E-state index < -0.39 is 0 Å². The van der Waals surface area contributed by atoms with E-state index in [0.29, 0.717) is 17.9 Å². The summed E-state index contributed by atoms with van der Waals surface area (Å²) in [5.74, 6) is 1.13. The van der Waals surface area contributed by atoms with Crippen LogP contribution in [-0.2, 0) is 4.74 Å². The van der Waals surface area contributed by atoms with Gasteiger partial charge in [-0.05, 0) is 24.3 Å². The summed E-state index contributed by atoms with van der Waals surface area (Å²) in [6.07, 6.45) is 0. The zero-order valence-electron chi connectivity index (χ0n) is 12.1. The molecule has 0 aliphatic heterocycles. The number of rotatable bonds is 8. The first kappa shape index (κ1) is 15.2. The lowest BCUT2D eigenvalue weighted by molar-refractivity contribution is 0.108. The van der Waals surface area contributed by atoms with E-state index in [1.54, 1.807) is 0 Å². The number of hydrogen-bond acceptors (Lipinski definition) is 2. The fourth-order valence-corrected chi connectivity index (χ4v) is 1.96. The van der Waals surface area contributed by atoms with Crippen LogP contribution in [0.4, 0.5) is 0 Å². The van der Waals surface area contributed by atoms with Crippen molar-refractivity contribution >= 4 is 0 Å². The molecule has 0 saturated carbocycles. The average Bonchev–Trinajstić information content (AvgIpc) is 2.39. The zero-order chi connectivity index (χ0) is 13.4. The Kier molecular flexibility index (Phi) is 6.99. The summed E-state index contributed by atoms with van der Waals surface area (Å²) < 4.78 is 5.53.